The molecule has 0 spiro atoms. The Balaban J connectivity index is 3.22. The molecule has 1 aromatic rings. The number of benzene rings is 1. The number of halogens is 2. The molecule has 0 radical (unpaired) electrons. The van der Waals surface area contributed by atoms with Gasteiger partial charge in [0.1, 0.15) is 0 Å². The third-order valence-electron chi connectivity index (χ3n) is 1.85. The van der Waals surface area contributed by atoms with Gasteiger partial charge in [-0.2, -0.15) is 0 Å². The van der Waals surface area contributed by atoms with Crippen molar-refractivity contribution < 1.29 is 19.0 Å². The molecule has 0 bridgehead atoms. The van der Waals surface area contributed by atoms with Crippen molar-refractivity contribution in [3.8, 4) is 11.5 Å². The maximum Gasteiger partial charge on any atom is 0.276 e. The molecule has 72 valence electrons. The van der Waals surface area contributed by atoms with Crippen molar-refractivity contribution in [2.24, 2.45) is 0 Å². The monoisotopic (exact) mass is 188 g/mol. The van der Waals surface area contributed by atoms with Gasteiger partial charge in [-0.25, -0.2) is 8.78 Å². The maximum atomic E-state index is 13.1. The molecule has 0 saturated heterocycles. The quantitative estimate of drug-likeness (QED) is 0.700. The predicted molar refractivity (Wildman–Crippen MR) is 44.0 cm³/mol. The van der Waals surface area contributed by atoms with Crippen LogP contribution in [0.5, 0.6) is 11.5 Å². The Kier molecular flexibility index (Phi) is 2.40. The average molecular weight is 188 g/mol. The van der Waals surface area contributed by atoms with E-state index in [0.29, 0.717) is 0 Å². The summed E-state index contributed by atoms with van der Waals surface area (Å²) in [5, 5.41) is 18.1. The van der Waals surface area contributed by atoms with E-state index >= 15 is 0 Å². The Labute approximate surface area is 74.4 Å². The van der Waals surface area contributed by atoms with Crippen molar-refractivity contribution in [1.82, 2.24) is 0 Å². The van der Waals surface area contributed by atoms with Crippen molar-refractivity contribution >= 4 is 0 Å². The summed E-state index contributed by atoms with van der Waals surface area (Å²) in [6.45, 7) is 1.31. The lowest BCUT2D eigenvalue weighted by Crippen LogP contribution is -2.11. The van der Waals surface area contributed by atoms with E-state index in [4.69, 9.17) is 10.2 Å². The summed E-state index contributed by atoms with van der Waals surface area (Å²) >= 11 is 0. The first-order chi connectivity index (χ1) is 5.99. The molecule has 2 nitrogen and oxygen atoms in total. The highest BCUT2D eigenvalue weighted by Crippen LogP contribution is 2.40. The molecular weight excluding hydrogens is 178 g/mol. The molecule has 0 heterocycles. The number of phenolic OH excluding ortho intramolecular Hbond substituents is 2. The topological polar surface area (TPSA) is 40.5 Å². The van der Waals surface area contributed by atoms with Crippen molar-refractivity contribution in [3.63, 3.8) is 0 Å². The minimum atomic E-state index is -3.09. The van der Waals surface area contributed by atoms with E-state index in [1.807, 2.05) is 0 Å². The van der Waals surface area contributed by atoms with Crippen molar-refractivity contribution in [2.75, 3.05) is 0 Å². The van der Waals surface area contributed by atoms with Crippen LogP contribution in [0, 0.1) is 0 Å². The number of aromatic hydroxyl groups is 2. The molecule has 4 heteroatoms. The lowest BCUT2D eigenvalue weighted by molar-refractivity contribution is -0.0106. The number of hydrogen-bond acceptors (Lipinski definition) is 2. The maximum absolute atomic E-state index is 13.1. The van der Waals surface area contributed by atoms with E-state index in [0.717, 1.165) is 12.1 Å². The molecular formula is C9H10F2O2. The highest BCUT2D eigenvalue weighted by Gasteiger charge is 2.32. The van der Waals surface area contributed by atoms with Crippen LogP contribution in [0.3, 0.4) is 0 Å². The van der Waals surface area contributed by atoms with E-state index in [1.165, 1.54) is 13.0 Å². The highest BCUT2D eigenvalue weighted by atomic mass is 19.3. The summed E-state index contributed by atoms with van der Waals surface area (Å²) in [4.78, 5) is 0. The Hall–Kier alpha value is -1.32. The Morgan fingerprint density at radius 2 is 1.92 bits per heavy atom. The first-order valence-electron chi connectivity index (χ1n) is 3.88. The van der Waals surface area contributed by atoms with Gasteiger partial charge in [0.25, 0.3) is 5.92 Å². The second-order valence-corrected chi connectivity index (χ2v) is 2.73. The second kappa shape index (κ2) is 3.20. The van der Waals surface area contributed by atoms with Gasteiger partial charge in [0.2, 0.25) is 0 Å². The molecule has 0 aromatic heterocycles. The predicted octanol–water partition coefficient (Wildman–Crippen LogP) is 2.60. The lowest BCUT2D eigenvalue weighted by Gasteiger charge is -2.15. The van der Waals surface area contributed by atoms with Gasteiger partial charge in [-0.1, -0.05) is 13.0 Å². The summed E-state index contributed by atoms with van der Waals surface area (Å²) < 4.78 is 26.1. The molecule has 0 aliphatic heterocycles. The van der Waals surface area contributed by atoms with Gasteiger partial charge in [0.15, 0.2) is 11.5 Å². The minimum absolute atomic E-state index is 0.413. The van der Waals surface area contributed by atoms with E-state index in [9.17, 15) is 8.78 Å². The van der Waals surface area contributed by atoms with Gasteiger partial charge < -0.3 is 10.2 Å². The molecule has 0 unspecified atom stereocenters. The summed E-state index contributed by atoms with van der Waals surface area (Å²) in [5.74, 6) is -4.36. The lowest BCUT2D eigenvalue weighted by atomic mass is 10.0. The minimum Gasteiger partial charge on any atom is -0.504 e. The van der Waals surface area contributed by atoms with Gasteiger partial charge in [0, 0.05) is 6.42 Å². The normalized spacial score (nSPS) is 11.6. The van der Waals surface area contributed by atoms with Crippen LogP contribution >= 0.6 is 0 Å². The number of hydrogen-bond donors (Lipinski definition) is 2. The zero-order valence-electron chi connectivity index (χ0n) is 7.09. The molecule has 13 heavy (non-hydrogen) atoms. The van der Waals surface area contributed by atoms with Crippen LogP contribution in [0.2, 0.25) is 0 Å². The van der Waals surface area contributed by atoms with Crippen LogP contribution in [0.1, 0.15) is 18.9 Å². The first kappa shape index (κ1) is 9.77. The van der Waals surface area contributed by atoms with E-state index in [-0.39, 0.29) is 0 Å². The third-order valence-corrected chi connectivity index (χ3v) is 1.85. The SMILES string of the molecule is CCC(F)(F)c1cccc(O)c1O. The molecule has 0 aliphatic carbocycles. The fourth-order valence-electron chi connectivity index (χ4n) is 1.02. The molecule has 1 rings (SSSR count). The Morgan fingerprint density at radius 1 is 1.31 bits per heavy atom. The van der Waals surface area contributed by atoms with Crippen LogP contribution in [0.4, 0.5) is 8.78 Å². The van der Waals surface area contributed by atoms with Crippen LogP contribution in [0.25, 0.3) is 0 Å². The standard InChI is InChI=1S/C9H10F2O2/c1-2-9(10,11)6-4-3-5-7(12)8(6)13/h3-5,12-13H,2H2,1H3. The number of rotatable bonds is 2. The van der Waals surface area contributed by atoms with Gasteiger partial charge in [-0.3, -0.25) is 0 Å². The largest absolute Gasteiger partial charge is 0.504 e. The molecule has 0 amide bonds. The second-order valence-electron chi connectivity index (χ2n) is 2.73. The molecule has 2 N–H and O–H groups in total. The van der Waals surface area contributed by atoms with Gasteiger partial charge >= 0.3 is 0 Å². The summed E-state index contributed by atoms with van der Waals surface area (Å²) in [7, 11) is 0. The molecule has 0 fully saturated rings. The smallest absolute Gasteiger partial charge is 0.276 e. The van der Waals surface area contributed by atoms with E-state index < -0.39 is 29.4 Å². The summed E-state index contributed by atoms with van der Waals surface area (Å²) in [6, 6.07) is 3.52. The first-order valence-corrected chi connectivity index (χ1v) is 3.88. The van der Waals surface area contributed by atoms with Crippen LogP contribution in [-0.2, 0) is 5.92 Å². The molecule has 0 aliphatic rings. The van der Waals surface area contributed by atoms with E-state index in [1.54, 1.807) is 0 Å². The fraction of sp³-hybridized carbons (Fsp3) is 0.333. The summed E-state index contributed by atoms with van der Waals surface area (Å²) in [5.41, 5.74) is -0.532. The van der Waals surface area contributed by atoms with Crippen LogP contribution in [0.15, 0.2) is 18.2 Å². The summed E-state index contributed by atoms with van der Waals surface area (Å²) in [6.07, 6.45) is -0.413. The number of para-hydroxylation sites is 1. The van der Waals surface area contributed by atoms with Crippen molar-refractivity contribution in [1.29, 1.82) is 0 Å². The van der Waals surface area contributed by atoms with E-state index in [2.05, 4.69) is 0 Å². The van der Waals surface area contributed by atoms with Crippen LogP contribution < -0.4 is 0 Å². The molecule has 0 saturated carbocycles. The molecule has 1 aromatic carbocycles. The fourth-order valence-corrected chi connectivity index (χ4v) is 1.02. The van der Waals surface area contributed by atoms with Gasteiger partial charge in [0.05, 0.1) is 5.56 Å². The zero-order valence-corrected chi connectivity index (χ0v) is 7.09. The Morgan fingerprint density at radius 3 is 2.46 bits per heavy atom. The number of phenols is 2. The van der Waals surface area contributed by atoms with Crippen LogP contribution in [-0.4, -0.2) is 10.2 Å². The Bertz CT molecular complexity index is 310. The third kappa shape index (κ3) is 1.71. The molecule has 0 atom stereocenters. The van der Waals surface area contributed by atoms with Gasteiger partial charge in [-0.15, -0.1) is 0 Å². The number of alkyl halides is 2. The highest BCUT2D eigenvalue weighted by molar-refractivity contribution is 5.46. The van der Waals surface area contributed by atoms with Crippen molar-refractivity contribution in [3.05, 3.63) is 23.8 Å². The average Bonchev–Trinajstić information content (AvgIpc) is 2.09. The zero-order chi connectivity index (χ0) is 10.1. The van der Waals surface area contributed by atoms with Crippen molar-refractivity contribution in [2.45, 2.75) is 19.3 Å². The van der Waals surface area contributed by atoms with Gasteiger partial charge in [-0.05, 0) is 12.1 Å².